The van der Waals surface area contributed by atoms with Crippen molar-refractivity contribution in [3.05, 3.63) is 28.0 Å². The van der Waals surface area contributed by atoms with Crippen LogP contribution in [0.2, 0.25) is 0 Å². The van der Waals surface area contributed by atoms with Crippen LogP contribution >= 0.6 is 23.1 Å². The zero-order valence-electron chi connectivity index (χ0n) is 9.63. The Balaban J connectivity index is 2.43. The van der Waals surface area contributed by atoms with Crippen molar-refractivity contribution in [2.24, 2.45) is 0 Å². The van der Waals surface area contributed by atoms with Crippen LogP contribution in [-0.2, 0) is 10.5 Å². The second-order valence-corrected chi connectivity index (χ2v) is 6.24. The maximum absolute atomic E-state index is 10.4. The van der Waals surface area contributed by atoms with Crippen molar-refractivity contribution in [2.45, 2.75) is 24.3 Å². The van der Waals surface area contributed by atoms with E-state index in [1.54, 1.807) is 29.2 Å². The van der Waals surface area contributed by atoms with Crippen molar-refractivity contribution in [3.63, 3.8) is 0 Å². The van der Waals surface area contributed by atoms with Crippen molar-refractivity contribution >= 4 is 35.1 Å². The molecule has 1 atom stereocenters. The highest BCUT2D eigenvalue weighted by Crippen LogP contribution is 2.25. The SMILES string of the molecule is CC(CCO)SCc1ccc(C=CC(=O)O)s1. The molecule has 1 heterocycles. The molecule has 1 rings (SSSR count). The van der Waals surface area contributed by atoms with E-state index in [0.717, 1.165) is 23.1 Å². The molecule has 1 aromatic heterocycles. The van der Waals surface area contributed by atoms with E-state index >= 15 is 0 Å². The van der Waals surface area contributed by atoms with E-state index in [4.69, 9.17) is 10.2 Å². The van der Waals surface area contributed by atoms with E-state index in [9.17, 15) is 4.79 Å². The van der Waals surface area contributed by atoms with Crippen LogP contribution in [0.25, 0.3) is 6.08 Å². The molecule has 94 valence electrons. The number of carboxylic acid groups (broad SMARTS) is 1. The standard InChI is InChI=1S/C12H16O3S2/c1-9(6-7-13)16-8-11-3-2-10(17-11)4-5-12(14)15/h2-5,9,13H,6-8H2,1H3,(H,14,15). The summed E-state index contributed by atoms with van der Waals surface area (Å²) in [4.78, 5) is 12.5. The van der Waals surface area contributed by atoms with Gasteiger partial charge in [0, 0.05) is 33.4 Å². The van der Waals surface area contributed by atoms with Gasteiger partial charge in [0.2, 0.25) is 0 Å². The summed E-state index contributed by atoms with van der Waals surface area (Å²) in [6.07, 6.45) is 3.57. The lowest BCUT2D eigenvalue weighted by Crippen LogP contribution is -1.99. The fourth-order valence-electron chi connectivity index (χ4n) is 1.20. The summed E-state index contributed by atoms with van der Waals surface area (Å²) in [6, 6.07) is 3.95. The van der Waals surface area contributed by atoms with Gasteiger partial charge in [0.05, 0.1) is 0 Å². The molecule has 0 bridgehead atoms. The van der Waals surface area contributed by atoms with E-state index in [0.29, 0.717) is 5.25 Å². The third kappa shape index (κ3) is 5.91. The summed E-state index contributed by atoms with van der Waals surface area (Å²) in [5.74, 6) is -0.0156. The van der Waals surface area contributed by atoms with Crippen LogP contribution in [-0.4, -0.2) is 28.0 Å². The number of aliphatic carboxylic acids is 1. The predicted molar refractivity (Wildman–Crippen MR) is 73.4 cm³/mol. The van der Waals surface area contributed by atoms with Gasteiger partial charge in [0.15, 0.2) is 0 Å². The first kappa shape index (κ1) is 14.3. The second kappa shape index (κ2) is 7.53. The predicted octanol–water partition coefficient (Wildman–Crippen LogP) is 2.85. The first-order valence-electron chi connectivity index (χ1n) is 5.34. The third-order valence-corrected chi connectivity index (χ3v) is 4.63. The number of rotatable bonds is 7. The molecule has 0 aliphatic carbocycles. The normalized spacial score (nSPS) is 13.1. The number of carboxylic acids is 1. The number of carbonyl (C=O) groups is 1. The van der Waals surface area contributed by atoms with E-state index in [-0.39, 0.29) is 6.61 Å². The Morgan fingerprint density at radius 1 is 1.59 bits per heavy atom. The summed E-state index contributed by atoms with van der Waals surface area (Å²) in [5, 5.41) is 17.7. The molecule has 0 aromatic carbocycles. The molecule has 5 heteroatoms. The number of hydrogen-bond donors (Lipinski definition) is 2. The Morgan fingerprint density at radius 3 is 3.00 bits per heavy atom. The van der Waals surface area contributed by atoms with Crippen LogP contribution in [0.15, 0.2) is 18.2 Å². The fraction of sp³-hybridized carbons (Fsp3) is 0.417. The molecule has 0 saturated carbocycles. The summed E-state index contributed by atoms with van der Waals surface area (Å²) < 4.78 is 0. The van der Waals surface area contributed by atoms with Crippen LogP contribution in [0.3, 0.4) is 0 Å². The van der Waals surface area contributed by atoms with Crippen LogP contribution in [0.5, 0.6) is 0 Å². The molecular weight excluding hydrogens is 256 g/mol. The monoisotopic (exact) mass is 272 g/mol. The first-order valence-corrected chi connectivity index (χ1v) is 7.20. The topological polar surface area (TPSA) is 57.5 Å². The number of hydrogen-bond acceptors (Lipinski definition) is 4. The van der Waals surface area contributed by atoms with E-state index in [1.807, 2.05) is 12.1 Å². The highest BCUT2D eigenvalue weighted by molar-refractivity contribution is 7.99. The highest BCUT2D eigenvalue weighted by atomic mass is 32.2. The average Bonchev–Trinajstić information content (AvgIpc) is 2.72. The summed E-state index contributed by atoms with van der Waals surface area (Å²) in [5.41, 5.74) is 0. The molecular formula is C12H16O3S2. The molecule has 0 fully saturated rings. The van der Waals surface area contributed by atoms with Gasteiger partial charge in [-0.3, -0.25) is 0 Å². The minimum atomic E-state index is -0.925. The number of aliphatic hydroxyl groups is 1. The highest BCUT2D eigenvalue weighted by Gasteiger charge is 2.04. The molecule has 0 aliphatic heterocycles. The van der Waals surface area contributed by atoms with Crippen LogP contribution in [0.1, 0.15) is 23.1 Å². The molecule has 1 aromatic rings. The Hall–Kier alpha value is -0.780. The van der Waals surface area contributed by atoms with Crippen molar-refractivity contribution in [3.8, 4) is 0 Å². The average molecular weight is 272 g/mol. The smallest absolute Gasteiger partial charge is 0.328 e. The Labute approximate surface area is 109 Å². The van der Waals surface area contributed by atoms with Crippen molar-refractivity contribution in [2.75, 3.05) is 6.61 Å². The summed E-state index contributed by atoms with van der Waals surface area (Å²) in [7, 11) is 0. The second-order valence-electron chi connectivity index (χ2n) is 3.61. The fourth-order valence-corrected chi connectivity index (χ4v) is 3.17. The molecule has 0 spiro atoms. The quantitative estimate of drug-likeness (QED) is 0.749. The van der Waals surface area contributed by atoms with Gasteiger partial charge in [-0.25, -0.2) is 4.79 Å². The number of aliphatic hydroxyl groups excluding tert-OH is 1. The molecule has 0 amide bonds. The molecule has 17 heavy (non-hydrogen) atoms. The van der Waals surface area contributed by atoms with Crippen molar-refractivity contribution in [1.29, 1.82) is 0 Å². The van der Waals surface area contributed by atoms with Gasteiger partial charge in [0.1, 0.15) is 0 Å². The van der Waals surface area contributed by atoms with Gasteiger partial charge >= 0.3 is 5.97 Å². The molecule has 0 aliphatic rings. The van der Waals surface area contributed by atoms with Crippen molar-refractivity contribution < 1.29 is 15.0 Å². The van der Waals surface area contributed by atoms with Gasteiger partial charge in [-0.15, -0.1) is 11.3 Å². The lowest BCUT2D eigenvalue weighted by molar-refractivity contribution is -0.131. The lowest BCUT2D eigenvalue weighted by atomic mass is 10.3. The molecule has 0 saturated heterocycles. The van der Waals surface area contributed by atoms with Gasteiger partial charge in [0.25, 0.3) is 0 Å². The lowest BCUT2D eigenvalue weighted by Gasteiger charge is -2.07. The largest absolute Gasteiger partial charge is 0.478 e. The van der Waals surface area contributed by atoms with E-state index < -0.39 is 5.97 Å². The Bertz CT molecular complexity index is 385. The van der Waals surface area contributed by atoms with Crippen LogP contribution < -0.4 is 0 Å². The maximum atomic E-state index is 10.4. The van der Waals surface area contributed by atoms with Gasteiger partial charge in [-0.05, 0) is 24.6 Å². The van der Waals surface area contributed by atoms with Crippen molar-refractivity contribution in [1.82, 2.24) is 0 Å². The van der Waals surface area contributed by atoms with Gasteiger partial charge < -0.3 is 10.2 Å². The van der Waals surface area contributed by atoms with Crippen LogP contribution in [0, 0.1) is 0 Å². The maximum Gasteiger partial charge on any atom is 0.328 e. The van der Waals surface area contributed by atoms with Gasteiger partial charge in [-0.1, -0.05) is 6.92 Å². The van der Waals surface area contributed by atoms with E-state index in [1.165, 1.54) is 4.88 Å². The Kier molecular flexibility index (Phi) is 6.32. The third-order valence-electron chi connectivity index (χ3n) is 2.12. The van der Waals surface area contributed by atoms with Gasteiger partial charge in [-0.2, -0.15) is 11.8 Å². The molecule has 2 N–H and O–H groups in total. The molecule has 0 radical (unpaired) electrons. The Morgan fingerprint density at radius 2 is 2.35 bits per heavy atom. The van der Waals surface area contributed by atoms with E-state index in [2.05, 4.69) is 6.92 Å². The number of thioether (sulfide) groups is 1. The zero-order valence-corrected chi connectivity index (χ0v) is 11.3. The molecule has 3 nitrogen and oxygen atoms in total. The zero-order chi connectivity index (χ0) is 12.7. The minimum absolute atomic E-state index is 0.227. The number of thiophene rings is 1. The summed E-state index contributed by atoms with van der Waals surface area (Å²) in [6.45, 7) is 2.32. The minimum Gasteiger partial charge on any atom is -0.478 e. The molecule has 1 unspecified atom stereocenters. The van der Waals surface area contributed by atoms with Crippen LogP contribution in [0.4, 0.5) is 0 Å². The summed E-state index contributed by atoms with van der Waals surface area (Å²) >= 11 is 3.40. The first-order chi connectivity index (χ1) is 8.11.